The van der Waals surface area contributed by atoms with Gasteiger partial charge in [-0.2, -0.15) is 0 Å². The van der Waals surface area contributed by atoms with E-state index in [4.69, 9.17) is 14.2 Å². The van der Waals surface area contributed by atoms with Crippen molar-refractivity contribution in [3.8, 4) is 11.5 Å². The van der Waals surface area contributed by atoms with Crippen molar-refractivity contribution in [2.24, 2.45) is 0 Å². The van der Waals surface area contributed by atoms with Crippen molar-refractivity contribution in [2.45, 2.75) is 63.8 Å². The highest BCUT2D eigenvalue weighted by Gasteiger charge is 2.67. The Morgan fingerprint density at radius 2 is 2.04 bits per heavy atom. The minimum absolute atomic E-state index is 0.0884. The zero-order valence-electron chi connectivity index (χ0n) is 14.4. The van der Waals surface area contributed by atoms with Gasteiger partial charge in [-0.3, -0.25) is 0 Å². The van der Waals surface area contributed by atoms with Gasteiger partial charge in [-0.05, 0) is 52.4 Å². The zero-order chi connectivity index (χ0) is 17.8. The van der Waals surface area contributed by atoms with Crippen LogP contribution in [0.5, 0.6) is 11.5 Å². The van der Waals surface area contributed by atoms with Gasteiger partial charge in [0.2, 0.25) is 0 Å². The molecule has 24 heavy (non-hydrogen) atoms. The summed E-state index contributed by atoms with van der Waals surface area (Å²) in [5.74, 6) is -1.41. The topological polar surface area (TPSA) is 65.0 Å². The van der Waals surface area contributed by atoms with Crippen molar-refractivity contribution >= 4 is 21.9 Å². The van der Waals surface area contributed by atoms with Gasteiger partial charge in [-0.15, -0.1) is 0 Å². The number of esters is 1. The molecular weight excluding hydrogens is 376 g/mol. The van der Waals surface area contributed by atoms with Crippen LogP contribution in [-0.2, 0) is 14.9 Å². The van der Waals surface area contributed by atoms with Gasteiger partial charge in [-0.1, -0.05) is 20.8 Å². The number of aliphatic hydroxyl groups is 1. The number of hydrogen-bond acceptors (Lipinski definition) is 5. The predicted molar refractivity (Wildman–Crippen MR) is 92.3 cm³/mol. The third-order valence-electron chi connectivity index (χ3n) is 4.71. The molecule has 0 saturated heterocycles. The van der Waals surface area contributed by atoms with E-state index in [1.54, 1.807) is 6.92 Å². The van der Waals surface area contributed by atoms with E-state index < -0.39 is 17.4 Å². The largest absolute Gasteiger partial charge is 0.463 e. The van der Waals surface area contributed by atoms with Gasteiger partial charge in [0.15, 0.2) is 11.5 Å². The van der Waals surface area contributed by atoms with Crippen LogP contribution in [0.1, 0.15) is 52.5 Å². The van der Waals surface area contributed by atoms with Crippen molar-refractivity contribution in [3.05, 3.63) is 22.2 Å². The van der Waals surface area contributed by atoms with Crippen LogP contribution in [0.2, 0.25) is 0 Å². The molecule has 1 N–H and O–H groups in total. The van der Waals surface area contributed by atoms with Crippen LogP contribution < -0.4 is 9.47 Å². The molecule has 0 spiro atoms. The average molecular weight is 399 g/mol. The normalized spacial score (nSPS) is 28.4. The maximum Gasteiger partial charge on any atom is 0.357 e. The van der Waals surface area contributed by atoms with E-state index in [0.29, 0.717) is 35.2 Å². The zero-order valence-corrected chi connectivity index (χ0v) is 16.0. The Morgan fingerprint density at radius 3 is 2.67 bits per heavy atom. The summed E-state index contributed by atoms with van der Waals surface area (Å²) in [6.45, 7) is 8.23. The number of fused-ring (bicyclic) bond motifs is 2. The van der Waals surface area contributed by atoms with Crippen molar-refractivity contribution in [1.29, 1.82) is 0 Å². The maximum atomic E-state index is 12.6. The fourth-order valence-corrected chi connectivity index (χ4v) is 3.84. The van der Waals surface area contributed by atoms with Crippen LogP contribution in [0.4, 0.5) is 0 Å². The lowest BCUT2D eigenvalue weighted by Crippen LogP contribution is -2.65. The lowest BCUT2D eigenvalue weighted by molar-refractivity contribution is -0.250. The molecule has 1 fully saturated rings. The molecule has 1 aliphatic carbocycles. The van der Waals surface area contributed by atoms with Crippen LogP contribution >= 0.6 is 15.9 Å². The van der Waals surface area contributed by atoms with Crippen LogP contribution in [0.3, 0.4) is 0 Å². The van der Waals surface area contributed by atoms with Crippen LogP contribution in [-0.4, -0.2) is 29.1 Å². The molecule has 3 rings (SSSR count). The molecule has 1 heterocycles. The highest BCUT2D eigenvalue weighted by atomic mass is 79.9. The smallest absolute Gasteiger partial charge is 0.357 e. The van der Waals surface area contributed by atoms with Gasteiger partial charge in [0.1, 0.15) is 0 Å². The Hall–Kier alpha value is -1.27. The summed E-state index contributed by atoms with van der Waals surface area (Å²) in [4.78, 5) is 12.6. The van der Waals surface area contributed by atoms with E-state index in [1.807, 2.05) is 12.1 Å². The number of rotatable bonds is 2. The number of carbonyl (C=O) groups excluding carboxylic acids is 1. The number of carbonyl (C=O) groups is 1. The lowest BCUT2D eigenvalue weighted by Gasteiger charge is -2.44. The van der Waals surface area contributed by atoms with Crippen LogP contribution in [0, 0.1) is 0 Å². The van der Waals surface area contributed by atoms with Gasteiger partial charge in [0.25, 0.3) is 11.4 Å². The van der Waals surface area contributed by atoms with Crippen molar-refractivity contribution in [3.63, 3.8) is 0 Å². The number of hydrogen-bond donors (Lipinski definition) is 1. The number of halogens is 1. The quantitative estimate of drug-likeness (QED) is 0.769. The molecule has 1 aromatic carbocycles. The Kier molecular flexibility index (Phi) is 4.12. The molecule has 0 amide bonds. The van der Waals surface area contributed by atoms with E-state index in [9.17, 15) is 9.90 Å². The minimum Gasteiger partial charge on any atom is -0.463 e. The fraction of sp³-hybridized carbons (Fsp3) is 0.611. The monoisotopic (exact) mass is 398 g/mol. The molecular formula is C18H23BrO5. The highest BCUT2D eigenvalue weighted by Crippen LogP contribution is 2.54. The summed E-state index contributed by atoms with van der Waals surface area (Å²) in [6.07, 6.45) is 1.30. The van der Waals surface area contributed by atoms with E-state index in [1.165, 1.54) is 0 Å². The second-order valence-electron chi connectivity index (χ2n) is 7.42. The van der Waals surface area contributed by atoms with Crippen molar-refractivity contribution in [2.75, 3.05) is 6.61 Å². The third kappa shape index (κ3) is 2.51. The molecule has 0 aromatic heterocycles. The summed E-state index contributed by atoms with van der Waals surface area (Å²) >= 11 is 3.51. The summed E-state index contributed by atoms with van der Waals surface area (Å²) in [5.41, 5.74) is -0.557. The fourth-order valence-electron chi connectivity index (χ4n) is 3.32. The molecule has 0 radical (unpaired) electrons. The number of benzene rings is 1. The first-order valence-corrected chi connectivity index (χ1v) is 9.04. The Morgan fingerprint density at radius 1 is 1.33 bits per heavy atom. The lowest BCUT2D eigenvalue weighted by atomic mass is 9.86. The number of ether oxygens (including phenoxy) is 3. The second kappa shape index (κ2) is 5.63. The van der Waals surface area contributed by atoms with E-state index >= 15 is 0 Å². The maximum absolute atomic E-state index is 12.6. The Balaban J connectivity index is 2.10. The van der Waals surface area contributed by atoms with Gasteiger partial charge in [0, 0.05) is 12.8 Å². The molecule has 0 unspecified atom stereocenters. The summed E-state index contributed by atoms with van der Waals surface area (Å²) in [7, 11) is 0. The summed E-state index contributed by atoms with van der Waals surface area (Å²) < 4.78 is 17.9. The molecule has 2 atom stereocenters. The first kappa shape index (κ1) is 17.5. The predicted octanol–water partition coefficient (Wildman–Crippen LogP) is 3.69. The second-order valence-corrected chi connectivity index (χ2v) is 8.28. The van der Waals surface area contributed by atoms with Gasteiger partial charge >= 0.3 is 5.97 Å². The molecule has 1 aromatic rings. The molecule has 6 heteroatoms. The van der Waals surface area contributed by atoms with Gasteiger partial charge in [-0.25, -0.2) is 4.79 Å². The molecule has 132 valence electrons. The first-order valence-electron chi connectivity index (χ1n) is 8.24. The van der Waals surface area contributed by atoms with Gasteiger partial charge < -0.3 is 19.3 Å². The first-order chi connectivity index (χ1) is 11.1. The van der Waals surface area contributed by atoms with E-state index in [-0.39, 0.29) is 12.0 Å². The van der Waals surface area contributed by atoms with Crippen LogP contribution in [0.15, 0.2) is 16.6 Å². The van der Waals surface area contributed by atoms with Gasteiger partial charge in [0.05, 0.1) is 11.1 Å². The highest BCUT2D eigenvalue weighted by molar-refractivity contribution is 9.10. The van der Waals surface area contributed by atoms with Crippen molar-refractivity contribution < 1.29 is 24.1 Å². The summed E-state index contributed by atoms with van der Waals surface area (Å²) in [5, 5.41) is 11.0. The van der Waals surface area contributed by atoms with E-state index in [2.05, 4.69) is 36.7 Å². The molecule has 0 bridgehead atoms. The summed E-state index contributed by atoms with van der Waals surface area (Å²) in [6, 6.07) is 3.83. The molecule has 2 aliphatic rings. The van der Waals surface area contributed by atoms with Crippen LogP contribution in [0.25, 0.3) is 0 Å². The molecule has 5 nitrogen and oxygen atoms in total. The molecule has 1 aliphatic heterocycles. The van der Waals surface area contributed by atoms with E-state index in [0.717, 1.165) is 5.56 Å². The van der Waals surface area contributed by atoms with Crippen molar-refractivity contribution in [1.82, 2.24) is 0 Å². The SMILES string of the molecule is CCOC(=O)[C@@]12CCC[C@]1(O)Oc1cc(C(C)(C)C)cc(Br)c1O2. The Labute approximate surface area is 150 Å². The minimum atomic E-state index is -1.71. The standard InChI is InChI=1S/C18H23BrO5/c1-5-22-15(20)17-7-6-8-18(17,21)23-13-10-11(16(2,3)4)9-12(19)14(13)24-17/h9-10,21H,5-8H2,1-4H3/t17-,18-/m0/s1. The average Bonchev–Trinajstić information content (AvgIpc) is 2.81. The molecule has 1 saturated carbocycles. The Bertz CT molecular complexity index is 681. The third-order valence-corrected chi connectivity index (χ3v) is 5.30.